The lowest BCUT2D eigenvalue weighted by atomic mass is 9.84. The predicted molar refractivity (Wildman–Crippen MR) is 74.3 cm³/mol. The molecule has 2 aliphatic carbocycles. The maximum Gasteiger partial charge on any atom is 0.160 e. The highest BCUT2D eigenvalue weighted by Crippen LogP contribution is 2.40. The molecule has 1 unspecified atom stereocenters. The summed E-state index contributed by atoms with van der Waals surface area (Å²) in [6, 6.07) is 4.32. The van der Waals surface area contributed by atoms with Crippen LogP contribution in [0.25, 0.3) is 0 Å². The van der Waals surface area contributed by atoms with Gasteiger partial charge in [-0.25, -0.2) is 0 Å². The van der Waals surface area contributed by atoms with Gasteiger partial charge in [-0.15, -0.1) is 0 Å². The smallest absolute Gasteiger partial charge is 0.160 e. The minimum absolute atomic E-state index is 0.248. The highest BCUT2D eigenvalue weighted by molar-refractivity contribution is 5.96. The lowest BCUT2D eigenvalue weighted by molar-refractivity contribution is 0.101. The molecule has 0 aromatic heterocycles. The molecule has 0 heterocycles. The van der Waals surface area contributed by atoms with Gasteiger partial charge >= 0.3 is 0 Å². The highest BCUT2D eigenvalue weighted by atomic mass is 16.1. The van der Waals surface area contributed by atoms with Gasteiger partial charge in [0.15, 0.2) is 5.78 Å². The van der Waals surface area contributed by atoms with Crippen molar-refractivity contribution in [3.05, 3.63) is 34.4 Å². The molecule has 1 atom stereocenters. The summed E-state index contributed by atoms with van der Waals surface area (Å²) in [6.07, 6.45) is 10.3. The Morgan fingerprint density at radius 2 is 1.78 bits per heavy atom. The van der Waals surface area contributed by atoms with Crippen molar-refractivity contribution in [3.63, 3.8) is 0 Å². The first-order valence-electron chi connectivity index (χ1n) is 7.43. The molecule has 1 aromatic rings. The summed E-state index contributed by atoms with van der Waals surface area (Å²) in [5, 5.41) is 0. The highest BCUT2D eigenvalue weighted by Gasteiger charge is 2.26. The Hall–Kier alpha value is -1.11. The average molecular weight is 242 g/mol. The topological polar surface area (TPSA) is 17.1 Å². The molecule has 0 spiro atoms. The predicted octanol–water partition coefficient (Wildman–Crippen LogP) is 4.43. The maximum absolute atomic E-state index is 11.8. The molecule has 1 heteroatoms. The van der Waals surface area contributed by atoms with Crippen molar-refractivity contribution >= 4 is 5.78 Å². The van der Waals surface area contributed by atoms with E-state index in [-0.39, 0.29) is 5.78 Å². The zero-order chi connectivity index (χ0) is 12.5. The number of rotatable bonds is 1. The first-order chi connectivity index (χ1) is 8.77. The van der Waals surface area contributed by atoms with Crippen LogP contribution in [0.5, 0.6) is 0 Å². The van der Waals surface area contributed by atoms with E-state index in [1.54, 1.807) is 18.1 Å². The summed E-state index contributed by atoms with van der Waals surface area (Å²) in [5.41, 5.74) is 5.53. The Labute approximate surface area is 110 Å². The molecule has 0 saturated heterocycles. The minimum atomic E-state index is 0.248. The fraction of sp³-hybridized carbons (Fsp3) is 0.588. The third-order valence-electron chi connectivity index (χ3n) is 4.71. The van der Waals surface area contributed by atoms with Gasteiger partial charge in [-0.1, -0.05) is 25.0 Å². The Bertz CT molecular complexity index is 471. The molecule has 0 radical (unpaired) electrons. The molecular formula is C17H22O. The second-order valence-electron chi connectivity index (χ2n) is 5.91. The molecule has 0 saturated carbocycles. The summed E-state index contributed by atoms with van der Waals surface area (Å²) in [4.78, 5) is 11.8. The molecule has 1 nitrogen and oxygen atoms in total. The molecule has 2 aliphatic rings. The molecular weight excluding hydrogens is 220 g/mol. The number of aryl methyl sites for hydroxylation is 1. The van der Waals surface area contributed by atoms with Crippen molar-refractivity contribution in [1.29, 1.82) is 0 Å². The van der Waals surface area contributed by atoms with Crippen molar-refractivity contribution in [2.45, 2.75) is 64.2 Å². The largest absolute Gasteiger partial charge is 0.295 e. The summed E-state index contributed by atoms with van der Waals surface area (Å²) in [5.74, 6) is 0.983. The minimum Gasteiger partial charge on any atom is -0.295 e. The fourth-order valence-electron chi connectivity index (χ4n) is 3.87. The SMILES string of the molecule is CC(=O)c1ccc2c3c1CCCCC3CCCC2. The Morgan fingerprint density at radius 1 is 1.06 bits per heavy atom. The van der Waals surface area contributed by atoms with Crippen LogP contribution in [-0.4, -0.2) is 5.78 Å². The normalized spacial score (nSPS) is 22.8. The first-order valence-corrected chi connectivity index (χ1v) is 7.43. The van der Waals surface area contributed by atoms with E-state index in [9.17, 15) is 4.79 Å². The van der Waals surface area contributed by atoms with Gasteiger partial charge in [-0.2, -0.15) is 0 Å². The van der Waals surface area contributed by atoms with Gasteiger partial charge in [0.2, 0.25) is 0 Å². The van der Waals surface area contributed by atoms with E-state index in [2.05, 4.69) is 12.1 Å². The van der Waals surface area contributed by atoms with Crippen molar-refractivity contribution in [1.82, 2.24) is 0 Å². The zero-order valence-electron chi connectivity index (χ0n) is 11.3. The lowest BCUT2D eigenvalue weighted by Gasteiger charge is -2.20. The summed E-state index contributed by atoms with van der Waals surface area (Å²) >= 11 is 0. The van der Waals surface area contributed by atoms with Gasteiger partial charge in [0.05, 0.1) is 0 Å². The van der Waals surface area contributed by atoms with Crippen molar-refractivity contribution in [3.8, 4) is 0 Å². The van der Waals surface area contributed by atoms with Crippen molar-refractivity contribution < 1.29 is 4.79 Å². The molecule has 96 valence electrons. The number of hydrogen-bond acceptors (Lipinski definition) is 1. The van der Waals surface area contributed by atoms with Crippen LogP contribution in [-0.2, 0) is 12.8 Å². The molecule has 0 bridgehead atoms. The number of ketones is 1. The van der Waals surface area contributed by atoms with Crippen LogP contribution >= 0.6 is 0 Å². The van der Waals surface area contributed by atoms with Crippen molar-refractivity contribution in [2.24, 2.45) is 0 Å². The Kier molecular flexibility index (Phi) is 3.23. The number of benzene rings is 1. The molecule has 0 amide bonds. The third kappa shape index (κ3) is 2.00. The summed E-state index contributed by atoms with van der Waals surface area (Å²) < 4.78 is 0. The molecule has 1 aromatic carbocycles. The number of carbonyl (C=O) groups excluding carboxylic acids is 1. The van der Waals surface area contributed by atoms with E-state index in [1.165, 1.54) is 50.5 Å². The summed E-state index contributed by atoms with van der Waals surface area (Å²) in [7, 11) is 0. The van der Waals surface area contributed by atoms with Crippen LogP contribution < -0.4 is 0 Å². The van der Waals surface area contributed by atoms with Gasteiger partial charge in [0.25, 0.3) is 0 Å². The van der Waals surface area contributed by atoms with E-state index < -0.39 is 0 Å². The second-order valence-corrected chi connectivity index (χ2v) is 5.91. The Morgan fingerprint density at radius 3 is 2.50 bits per heavy atom. The summed E-state index contributed by atoms with van der Waals surface area (Å²) in [6.45, 7) is 1.72. The standard InChI is InChI=1S/C17H22O/c1-12(18)15-11-10-14-8-3-2-6-13-7-4-5-9-16(15)17(13)14/h10-11,13H,2-9H2,1H3. The molecule has 0 aliphatic heterocycles. The third-order valence-corrected chi connectivity index (χ3v) is 4.71. The van der Waals surface area contributed by atoms with Crippen LogP contribution in [0.1, 0.15) is 78.4 Å². The van der Waals surface area contributed by atoms with Crippen LogP contribution in [0.3, 0.4) is 0 Å². The number of Topliss-reactive ketones (excluding diaryl/α,β-unsaturated/α-hetero) is 1. The first kappa shape index (κ1) is 12.0. The molecule has 3 rings (SSSR count). The van der Waals surface area contributed by atoms with Crippen LogP contribution in [0.2, 0.25) is 0 Å². The lowest BCUT2D eigenvalue weighted by Crippen LogP contribution is -2.08. The zero-order valence-corrected chi connectivity index (χ0v) is 11.3. The maximum atomic E-state index is 11.8. The van der Waals surface area contributed by atoms with E-state index in [1.807, 2.05) is 0 Å². The van der Waals surface area contributed by atoms with Crippen LogP contribution in [0.4, 0.5) is 0 Å². The van der Waals surface area contributed by atoms with Gasteiger partial charge in [-0.05, 0) is 68.1 Å². The van der Waals surface area contributed by atoms with Gasteiger partial charge in [-0.3, -0.25) is 4.79 Å². The fourth-order valence-corrected chi connectivity index (χ4v) is 3.87. The molecule has 0 fully saturated rings. The van der Waals surface area contributed by atoms with E-state index in [0.717, 1.165) is 17.9 Å². The number of hydrogen-bond donors (Lipinski definition) is 0. The van der Waals surface area contributed by atoms with Gasteiger partial charge in [0, 0.05) is 5.56 Å². The monoisotopic (exact) mass is 242 g/mol. The van der Waals surface area contributed by atoms with E-state index >= 15 is 0 Å². The van der Waals surface area contributed by atoms with E-state index in [4.69, 9.17) is 0 Å². The van der Waals surface area contributed by atoms with Gasteiger partial charge < -0.3 is 0 Å². The van der Waals surface area contributed by atoms with Gasteiger partial charge in [0.1, 0.15) is 0 Å². The van der Waals surface area contributed by atoms with Crippen molar-refractivity contribution in [2.75, 3.05) is 0 Å². The average Bonchev–Trinajstić information content (AvgIpc) is 2.68. The van der Waals surface area contributed by atoms with Crippen LogP contribution in [0, 0.1) is 0 Å². The quantitative estimate of drug-likeness (QED) is 0.666. The Balaban J connectivity index is 2.19. The van der Waals surface area contributed by atoms with Crippen LogP contribution in [0.15, 0.2) is 12.1 Å². The number of carbonyl (C=O) groups is 1. The second kappa shape index (κ2) is 4.87. The van der Waals surface area contributed by atoms with E-state index in [0.29, 0.717) is 0 Å². The molecule has 0 N–H and O–H groups in total. The molecule has 18 heavy (non-hydrogen) atoms.